The lowest BCUT2D eigenvalue weighted by Crippen LogP contribution is -2.39. The average molecular weight is 402 g/mol. The molecular formula is C18H28ClN3O3S. The fourth-order valence-electron chi connectivity index (χ4n) is 3.98. The van der Waals surface area contributed by atoms with Gasteiger partial charge in [0.1, 0.15) is 0 Å². The van der Waals surface area contributed by atoms with Crippen LogP contribution in [0.2, 0.25) is 0 Å². The molecule has 2 fully saturated rings. The van der Waals surface area contributed by atoms with Crippen molar-refractivity contribution < 1.29 is 13.2 Å². The molecule has 2 atom stereocenters. The van der Waals surface area contributed by atoms with Gasteiger partial charge in [0.15, 0.2) is 0 Å². The summed E-state index contributed by atoms with van der Waals surface area (Å²) in [7, 11) is -3.33. The minimum atomic E-state index is -3.33. The molecule has 0 aliphatic carbocycles. The van der Waals surface area contributed by atoms with Gasteiger partial charge in [-0.15, -0.1) is 12.4 Å². The summed E-state index contributed by atoms with van der Waals surface area (Å²) in [5.74, 6) is 0.520. The summed E-state index contributed by atoms with van der Waals surface area (Å²) in [6, 6.07) is 8.02. The third-order valence-electron chi connectivity index (χ3n) is 4.94. The number of hydrogen-bond donors (Lipinski definition) is 3. The first-order chi connectivity index (χ1) is 11.9. The number of fused-ring (bicyclic) bond motifs is 2. The van der Waals surface area contributed by atoms with Crippen molar-refractivity contribution in [2.45, 2.75) is 57.5 Å². The number of hydrogen-bond acceptors (Lipinski definition) is 4. The van der Waals surface area contributed by atoms with Gasteiger partial charge >= 0.3 is 0 Å². The zero-order chi connectivity index (χ0) is 17.9. The lowest BCUT2D eigenvalue weighted by Gasteiger charge is -2.28. The van der Waals surface area contributed by atoms with E-state index in [1.54, 1.807) is 24.3 Å². The Morgan fingerprint density at radius 2 is 1.85 bits per heavy atom. The number of benzene rings is 1. The minimum absolute atomic E-state index is 0. The van der Waals surface area contributed by atoms with E-state index in [2.05, 4.69) is 15.4 Å². The average Bonchev–Trinajstić information content (AvgIpc) is 2.85. The second-order valence-corrected chi connectivity index (χ2v) is 9.07. The van der Waals surface area contributed by atoms with Crippen molar-refractivity contribution in [1.29, 1.82) is 0 Å². The number of piperidine rings is 1. The Morgan fingerprint density at radius 1 is 1.19 bits per heavy atom. The number of amides is 1. The summed E-state index contributed by atoms with van der Waals surface area (Å²) in [4.78, 5) is 12.3. The summed E-state index contributed by atoms with van der Waals surface area (Å²) in [6.45, 7) is 1.82. The molecule has 1 amide bonds. The van der Waals surface area contributed by atoms with E-state index >= 15 is 0 Å². The van der Waals surface area contributed by atoms with E-state index in [-0.39, 0.29) is 24.1 Å². The molecule has 2 heterocycles. The van der Waals surface area contributed by atoms with Gasteiger partial charge in [-0.3, -0.25) is 9.52 Å². The monoisotopic (exact) mass is 401 g/mol. The summed E-state index contributed by atoms with van der Waals surface area (Å²) in [5, 5.41) is 6.49. The van der Waals surface area contributed by atoms with Gasteiger partial charge in [0, 0.05) is 24.2 Å². The minimum Gasteiger partial charge on any atom is -0.326 e. The highest BCUT2D eigenvalue weighted by molar-refractivity contribution is 7.92. The number of carbonyl (C=O) groups is 1. The number of halogens is 1. The Balaban J connectivity index is 0.00000243. The Morgan fingerprint density at radius 3 is 2.50 bits per heavy atom. The van der Waals surface area contributed by atoms with Crippen molar-refractivity contribution >= 4 is 39.7 Å². The number of anilines is 2. The second-order valence-electron chi connectivity index (χ2n) is 7.23. The summed E-state index contributed by atoms with van der Waals surface area (Å²) < 4.78 is 26.3. The number of nitrogens with one attached hydrogen (secondary N) is 3. The quantitative estimate of drug-likeness (QED) is 0.655. The van der Waals surface area contributed by atoms with Gasteiger partial charge in [-0.2, -0.15) is 0 Å². The van der Waals surface area contributed by atoms with Crippen molar-refractivity contribution in [3.8, 4) is 0 Å². The van der Waals surface area contributed by atoms with Crippen LogP contribution in [-0.2, 0) is 14.8 Å². The van der Waals surface area contributed by atoms with Crippen LogP contribution >= 0.6 is 12.4 Å². The largest absolute Gasteiger partial charge is 0.326 e. The van der Waals surface area contributed by atoms with Crippen LogP contribution in [0.15, 0.2) is 24.3 Å². The van der Waals surface area contributed by atoms with Gasteiger partial charge in [0.05, 0.1) is 11.4 Å². The standard InChI is InChI=1S/C18H27N3O3S.ClH/c1-2-8-25(23,24)21-17-5-3-4-14(12-17)20-18(22)11-13-9-15-6-7-16(10-13)19-15;/h3-5,12-13,15-16,19,21H,2,6-11H2,1H3,(H,20,22);1H. The molecule has 6 nitrogen and oxygen atoms in total. The SMILES string of the molecule is CCCS(=O)(=O)Nc1cccc(NC(=O)CC2CC3CCC(C2)N3)c1.Cl. The van der Waals surface area contributed by atoms with E-state index in [0.29, 0.717) is 42.2 Å². The first kappa shape index (κ1) is 21.0. The highest BCUT2D eigenvalue weighted by Crippen LogP contribution is 2.32. The van der Waals surface area contributed by atoms with Crippen LogP contribution in [0.1, 0.15) is 45.4 Å². The maximum absolute atomic E-state index is 12.3. The predicted octanol–water partition coefficient (Wildman–Crippen LogP) is 3.12. The summed E-state index contributed by atoms with van der Waals surface area (Å²) in [5.41, 5.74) is 1.10. The van der Waals surface area contributed by atoms with Crippen molar-refractivity contribution in [3.05, 3.63) is 24.3 Å². The van der Waals surface area contributed by atoms with E-state index in [4.69, 9.17) is 0 Å². The molecule has 0 saturated carbocycles. The molecule has 2 unspecified atom stereocenters. The molecule has 26 heavy (non-hydrogen) atoms. The molecule has 146 valence electrons. The fraction of sp³-hybridized carbons (Fsp3) is 0.611. The third kappa shape index (κ3) is 5.86. The molecule has 3 N–H and O–H groups in total. The molecule has 0 aromatic heterocycles. The third-order valence-corrected chi connectivity index (χ3v) is 6.43. The van der Waals surface area contributed by atoms with Gasteiger partial charge in [-0.1, -0.05) is 13.0 Å². The Kier molecular flexibility index (Phi) is 7.32. The number of carbonyl (C=O) groups excluding carboxylic acids is 1. The van der Waals surface area contributed by atoms with Crippen LogP contribution in [0.4, 0.5) is 11.4 Å². The molecular weight excluding hydrogens is 374 g/mol. The van der Waals surface area contributed by atoms with E-state index < -0.39 is 10.0 Å². The molecule has 2 saturated heterocycles. The molecule has 2 aliphatic rings. The van der Waals surface area contributed by atoms with E-state index in [1.165, 1.54) is 12.8 Å². The summed E-state index contributed by atoms with van der Waals surface area (Å²) >= 11 is 0. The zero-order valence-corrected chi connectivity index (χ0v) is 16.7. The molecule has 2 aliphatic heterocycles. The van der Waals surface area contributed by atoms with Crippen LogP contribution in [-0.4, -0.2) is 32.2 Å². The molecule has 1 aromatic carbocycles. The Labute approximate surface area is 162 Å². The lowest BCUT2D eigenvalue weighted by molar-refractivity contribution is -0.117. The lowest BCUT2D eigenvalue weighted by atomic mass is 9.89. The highest BCUT2D eigenvalue weighted by Gasteiger charge is 2.34. The van der Waals surface area contributed by atoms with Gasteiger partial charge in [0.25, 0.3) is 0 Å². The smallest absolute Gasteiger partial charge is 0.232 e. The van der Waals surface area contributed by atoms with Gasteiger partial charge in [-0.05, 0) is 56.2 Å². The maximum Gasteiger partial charge on any atom is 0.232 e. The van der Waals surface area contributed by atoms with E-state index in [9.17, 15) is 13.2 Å². The molecule has 2 bridgehead atoms. The van der Waals surface area contributed by atoms with Gasteiger partial charge in [-0.25, -0.2) is 8.42 Å². The van der Waals surface area contributed by atoms with Crippen molar-refractivity contribution in [2.24, 2.45) is 5.92 Å². The summed E-state index contributed by atoms with van der Waals surface area (Å²) in [6.07, 6.45) is 5.68. The van der Waals surface area contributed by atoms with Crippen LogP contribution in [0.25, 0.3) is 0 Å². The van der Waals surface area contributed by atoms with E-state index in [0.717, 1.165) is 12.8 Å². The van der Waals surface area contributed by atoms with Crippen LogP contribution in [0.5, 0.6) is 0 Å². The first-order valence-corrected chi connectivity index (χ1v) is 10.7. The number of sulfonamides is 1. The predicted molar refractivity (Wildman–Crippen MR) is 107 cm³/mol. The molecule has 3 rings (SSSR count). The second kappa shape index (κ2) is 9.06. The normalized spacial score (nSPS) is 24.6. The molecule has 0 spiro atoms. The van der Waals surface area contributed by atoms with Gasteiger partial charge < -0.3 is 10.6 Å². The zero-order valence-electron chi connectivity index (χ0n) is 15.0. The molecule has 1 aromatic rings. The van der Waals surface area contributed by atoms with E-state index in [1.807, 2.05) is 6.92 Å². The van der Waals surface area contributed by atoms with Crippen LogP contribution in [0, 0.1) is 5.92 Å². The Hall–Kier alpha value is -1.31. The first-order valence-electron chi connectivity index (χ1n) is 9.10. The van der Waals surface area contributed by atoms with Crippen molar-refractivity contribution in [2.75, 3.05) is 15.8 Å². The van der Waals surface area contributed by atoms with Crippen molar-refractivity contribution in [3.63, 3.8) is 0 Å². The fourth-order valence-corrected chi connectivity index (χ4v) is 5.10. The maximum atomic E-state index is 12.3. The topological polar surface area (TPSA) is 87.3 Å². The number of rotatable bonds is 7. The molecule has 8 heteroatoms. The van der Waals surface area contributed by atoms with Gasteiger partial charge in [0.2, 0.25) is 15.9 Å². The van der Waals surface area contributed by atoms with Crippen LogP contribution < -0.4 is 15.4 Å². The van der Waals surface area contributed by atoms with Crippen LogP contribution in [0.3, 0.4) is 0 Å². The molecule has 0 radical (unpaired) electrons. The van der Waals surface area contributed by atoms with Crippen molar-refractivity contribution in [1.82, 2.24) is 5.32 Å². The Bertz CT molecular complexity index is 714. The highest BCUT2D eigenvalue weighted by atomic mass is 35.5.